The summed E-state index contributed by atoms with van der Waals surface area (Å²) < 4.78 is 0. The quantitative estimate of drug-likeness (QED) is 0.244. The number of fused-ring (bicyclic) bond motifs is 1. The van der Waals surface area contributed by atoms with E-state index in [4.69, 9.17) is 0 Å². The fraction of sp³-hybridized carbons (Fsp3) is 0.419. The fourth-order valence-electron chi connectivity index (χ4n) is 5.96. The van der Waals surface area contributed by atoms with Crippen LogP contribution in [0.25, 0.3) is 10.9 Å². The second-order valence-corrected chi connectivity index (χ2v) is 11.0. The number of hydrogen-bond donors (Lipinski definition) is 5. The smallest absolute Gasteiger partial charge is 0.326 e. The van der Waals surface area contributed by atoms with Crippen LogP contribution in [-0.2, 0) is 32.0 Å². The Bertz CT molecular complexity index is 1380. The number of benzene rings is 2. The average molecular weight is 560 g/mol. The van der Waals surface area contributed by atoms with Crippen LogP contribution in [0.15, 0.2) is 60.8 Å². The first kappa shape index (κ1) is 28.4. The normalized spacial score (nSPS) is 20.0. The summed E-state index contributed by atoms with van der Waals surface area (Å²) in [7, 11) is 0. The molecule has 3 aromatic rings. The number of likely N-dealkylation sites (tertiary alicyclic amines) is 1. The second kappa shape index (κ2) is 13.0. The van der Waals surface area contributed by atoms with Gasteiger partial charge in [0.1, 0.15) is 12.1 Å². The number of amides is 3. The molecule has 2 aliphatic rings. The van der Waals surface area contributed by atoms with Gasteiger partial charge in [-0.15, -0.1) is 0 Å². The molecule has 10 nitrogen and oxygen atoms in total. The highest BCUT2D eigenvalue weighted by Crippen LogP contribution is 2.22. The van der Waals surface area contributed by atoms with Crippen molar-refractivity contribution in [3.05, 3.63) is 71.9 Å². The monoisotopic (exact) mass is 559 g/mol. The molecule has 1 aromatic heterocycles. The van der Waals surface area contributed by atoms with Crippen LogP contribution >= 0.6 is 0 Å². The maximum atomic E-state index is 13.6. The number of nitrogens with one attached hydrogen (secondary N) is 4. The summed E-state index contributed by atoms with van der Waals surface area (Å²) in [6.45, 7) is 1.12. The van der Waals surface area contributed by atoms with E-state index in [0.29, 0.717) is 25.8 Å². The van der Waals surface area contributed by atoms with Crippen molar-refractivity contribution in [2.45, 2.75) is 69.1 Å². The molecule has 0 aliphatic carbocycles. The second-order valence-electron chi connectivity index (χ2n) is 11.0. The lowest BCUT2D eigenvalue weighted by molar-refractivity contribution is -0.149. The molecule has 0 bridgehead atoms. The topological polar surface area (TPSA) is 144 Å². The van der Waals surface area contributed by atoms with Gasteiger partial charge in [-0.25, -0.2) is 4.79 Å². The largest absolute Gasteiger partial charge is 0.480 e. The molecule has 0 radical (unpaired) electrons. The predicted molar refractivity (Wildman–Crippen MR) is 154 cm³/mol. The number of aromatic nitrogens is 1. The average Bonchev–Trinajstić information content (AvgIpc) is 3.75. The Balaban J connectivity index is 1.34. The first-order valence-electron chi connectivity index (χ1n) is 14.3. The molecule has 2 aliphatic heterocycles. The molecule has 0 spiro atoms. The van der Waals surface area contributed by atoms with Crippen LogP contribution in [0, 0.1) is 0 Å². The van der Waals surface area contributed by atoms with Crippen molar-refractivity contribution in [1.29, 1.82) is 0 Å². The molecular weight excluding hydrogens is 522 g/mol. The number of rotatable bonds is 11. The number of hydrogen-bond acceptors (Lipinski definition) is 5. The van der Waals surface area contributed by atoms with E-state index in [0.717, 1.165) is 41.4 Å². The number of nitrogens with zero attached hydrogens (tertiary/aromatic N) is 1. The van der Waals surface area contributed by atoms with Crippen LogP contribution < -0.4 is 16.0 Å². The minimum Gasteiger partial charge on any atom is -0.480 e. The van der Waals surface area contributed by atoms with Gasteiger partial charge in [-0.3, -0.25) is 14.4 Å². The van der Waals surface area contributed by atoms with Crippen molar-refractivity contribution >= 4 is 34.6 Å². The summed E-state index contributed by atoms with van der Waals surface area (Å²) in [6.07, 6.45) is 5.19. The third-order valence-corrected chi connectivity index (χ3v) is 8.03. The molecule has 4 atom stereocenters. The van der Waals surface area contributed by atoms with Gasteiger partial charge in [0.25, 0.3) is 0 Å². The zero-order valence-corrected chi connectivity index (χ0v) is 23.0. The zero-order valence-electron chi connectivity index (χ0n) is 23.0. The highest BCUT2D eigenvalue weighted by Gasteiger charge is 2.38. The summed E-state index contributed by atoms with van der Waals surface area (Å²) in [6, 6.07) is 14.6. The summed E-state index contributed by atoms with van der Waals surface area (Å²) in [5.41, 5.74) is 2.81. The lowest BCUT2D eigenvalue weighted by Gasteiger charge is -2.28. The standard InChI is InChI=1S/C31H37N5O5/c37-28(35-26(16-20-8-2-1-3-9-20)30(39)36-15-7-13-27(36)31(40)41)18-22(34-29(38)25-12-6-14-32-25)17-21-19-33-24-11-5-4-10-23(21)24/h1-5,8-11,19,22,25-27,32-33H,6-7,12-18H2,(H,34,38)(H,35,37)(H,40,41). The molecule has 4 unspecified atom stereocenters. The Morgan fingerprint density at radius 3 is 2.49 bits per heavy atom. The Hall–Kier alpha value is -4.18. The van der Waals surface area contributed by atoms with Gasteiger partial charge in [-0.1, -0.05) is 48.5 Å². The van der Waals surface area contributed by atoms with Crippen LogP contribution in [0.4, 0.5) is 0 Å². The van der Waals surface area contributed by atoms with Crippen molar-refractivity contribution in [2.24, 2.45) is 0 Å². The molecule has 41 heavy (non-hydrogen) atoms. The van der Waals surface area contributed by atoms with E-state index in [9.17, 15) is 24.3 Å². The molecule has 2 fully saturated rings. The molecule has 2 aromatic carbocycles. The van der Waals surface area contributed by atoms with Gasteiger partial charge < -0.3 is 30.9 Å². The van der Waals surface area contributed by atoms with Crippen LogP contribution in [0.1, 0.15) is 43.2 Å². The molecule has 3 heterocycles. The van der Waals surface area contributed by atoms with Gasteiger partial charge in [0.05, 0.1) is 6.04 Å². The molecule has 0 saturated carbocycles. The highest BCUT2D eigenvalue weighted by molar-refractivity contribution is 5.91. The number of aromatic amines is 1. The molecule has 216 valence electrons. The molecule has 5 rings (SSSR count). The summed E-state index contributed by atoms with van der Waals surface area (Å²) >= 11 is 0. The van der Waals surface area contributed by atoms with Gasteiger partial charge in [0.15, 0.2) is 0 Å². The lowest BCUT2D eigenvalue weighted by Crippen LogP contribution is -2.54. The summed E-state index contributed by atoms with van der Waals surface area (Å²) in [5, 5.41) is 19.8. The van der Waals surface area contributed by atoms with E-state index in [1.165, 1.54) is 4.90 Å². The number of carboxylic acid groups (broad SMARTS) is 1. The van der Waals surface area contributed by atoms with E-state index in [1.54, 1.807) is 0 Å². The van der Waals surface area contributed by atoms with E-state index >= 15 is 0 Å². The van der Waals surface area contributed by atoms with Crippen molar-refractivity contribution < 1.29 is 24.3 Å². The molecule has 2 saturated heterocycles. The molecule has 3 amide bonds. The lowest BCUT2D eigenvalue weighted by atomic mass is 10.00. The van der Waals surface area contributed by atoms with Crippen LogP contribution in [-0.4, -0.2) is 75.9 Å². The number of aliphatic carboxylic acids is 1. The SMILES string of the molecule is O=C(CC(Cc1c[nH]c2ccccc12)NC(=O)C1CCCN1)NC(Cc1ccccc1)C(=O)N1CCCC1C(=O)O. The van der Waals surface area contributed by atoms with E-state index in [2.05, 4.69) is 20.9 Å². The van der Waals surface area contributed by atoms with Crippen molar-refractivity contribution in [3.8, 4) is 0 Å². The maximum Gasteiger partial charge on any atom is 0.326 e. The van der Waals surface area contributed by atoms with Crippen LogP contribution in [0.5, 0.6) is 0 Å². The van der Waals surface area contributed by atoms with Crippen LogP contribution in [0.3, 0.4) is 0 Å². The Morgan fingerprint density at radius 2 is 1.73 bits per heavy atom. The van der Waals surface area contributed by atoms with Gasteiger partial charge in [0.2, 0.25) is 17.7 Å². The first-order valence-corrected chi connectivity index (χ1v) is 14.3. The minimum absolute atomic E-state index is 0.0289. The van der Waals surface area contributed by atoms with Gasteiger partial charge in [-0.2, -0.15) is 0 Å². The molecule has 10 heteroatoms. The third-order valence-electron chi connectivity index (χ3n) is 8.03. The Morgan fingerprint density at radius 1 is 0.951 bits per heavy atom. The summed E-state index contributed by atoms with van der Waals surface area (Å²) in [4.78, 5) is 56.6. The van der Waals surface area contributed by atoms with Gasteiger partial charge in [-0.05, 0) is 55.8 Å². The zero-order chi connectivity index (χ0) is 28.8. The molecular formula is C31H37N5O5. The van der Waals surface area contributed by atoms with E-state index in [1.807, 2.05) is 60.8 Å². The third kappa shape index (κ3) is 6.94. The fourth-order valence-corrected chi connectivity index (χ4v) is 5.96. The first-order chi connectivity index (χ1) is 19.9. The number of carbonyl (C=O) groups is 4. The summed E-state index contributed by atoms with van der Waals surface area (Å²) in [5.74, 6) is -1.96. The van der Waals surface area contributed by atoms with Crippen molar-refractivity contribution in [1.82, 2.24) is 25.8 Å². The van der Waals surface area contributed by atoms with E-state index in [-0.39, 0.29) is 30.7 Å². The number of carbonyl (C=O) groups excluding carboxylic acids is 3. The molecule has 5 N–H and O–H groups in total. The maximum absolute atomic E-state index is 13.6. The predicted octanol–water partition coefficient (Wildman–Crippen LogP) is 2.14. The Kier molecular flexibility index (Phi) is 8.98. The van der Waals surface area contributed by atoms with Crippen LogP contribution in [0.2, 0.25) is 0 Å². The van der Waals surface area contributed by atoms with Crippen molar-refractivity contribution in [3.63, 3.8) is 0 Å². The minimum atomic E-state index is -1.04. The van der Waals surface area contributed by atoms with Crippen molar-refractivity contribution in [2.75, 3.05) is 13.1 Å². The number of carboxylic acids is 1. The number of para-hydroxylation sites is 1. The highest BCUT2D eigenvalue weighted by atomic mass is 16.4. The van der Waals surface area contributed by atoms with Gasteiger partial charge >= 0.3 is 5.97 Å². The van der Waals surface area contributed by atoms with E-state index < -0.39 is 30.0 Å². The van der Waals surface area contributed by atoms with Gasteiger partial charge in [0, 0.05) is 42.5 Å². The Labute approximate surface area is 238 Å². The number of H-pyrrole nitrogens is 1.